The molecule has 0 spiro atoms. The van der Waals surface area contributed by atoms with E-state index in [0.29, 0.717) is 16.6 Å². The first kappa shape index (κ1) is 25.0. The van der Waals surface area contributed by atoms with E-state index in [4.69, 9.17) is 18.5 Å². The third kappa shape index (κ3) is 10.9. The molecule has 0 heterocycles. The molecule has 0 aliphatic rings. The quantitative estimate of drug-likeness (QED) is 0.233. The summed E-state index contributed by atoms with van der Waals surface area (Å²) >= 11 is 0. The lowest BCUT2D eigenvalue weighted by Gasteiger charge is -2.25. The van der Waals surface area contributed by atoms with E-state index in [0.717, 1.165) is 0 Å². The Bertz CT molecular complexity index is 744. The summed E-state index contributed by atoms with van der Waals surface area (Å²) in [4.78, 5) is 33.6. The van der Waals surface area contributed by atoms with Crippen LogP contribution in [0.4, 0.5) is 0 Å². The van der Waals surface area contributed by atoms with Gasteiger partial charge < -0.3 is 18.9 Å². The molecule has 1 aromatic rings. The van der Waals surface area contributed by atoms with Crippen LogP contribution in [-0.2, 0) is 27.9 Å². The van der Waals surface area contributed by atoms with Crippen LogP contribution in [0.5, 0.6) is 0 Å². The minimum Gasteiger partial charge on any atom is -0.459 e. The van der Waals surface area contributed by atoms with Gasteiger partial charge in [-0.15, -0.1) is 0 Å². The number of benzene rings is 1. The van der Waals surface area contributed by atoms with Crippen molar-refractivity contribution in [2.75, 3.05) is 47.5 Å². The number of ether oxygens (including phenoxy) is 2. The number of esters is 2. The van der Waals surface area contributed by atoms with Crippen molar-refractivity contribution < 1.29 is 42.1 Å². The summed E-state index contributed by atoms with van der Waals surface area (Å²) in [5.74, 6) is -1.35. The Balaban J connectivity index is 2.71. The largest absolute Gasteiger partial charge is 0.472 e. The molecule has 0 fully saturated rings. The number of likely N-dealkylation sites (N-methyl/N-ethyl adjacent to an activating group) is 1. The van der Waals surface area contributed by atoms with Gasteiger partial charge in [0.2, 0.25) is 0 Å². The Kier molecular flexibility index (Phi) is 9.68. The number of carbonyl (C=O) groups excluding carboxylic acids is 2. The fraction of sp³-hybridized carbons (Fsp3) is 0.474. The van der Waals surface area contributed by atoms with Gasteiger partial charge in [-0.3, -0.25) is 9.05 Å². The molecule has 10 heteroatoms. The number of nitrogens with zero attached hydrogens (tertiary/aromatic N) is 1. The second-order valence-electron chi connectivity index (χ2n) is 7.39. The summed E-state index contributed by atoms with van der Waals surface area (Å²) < 4.78 is 32.8. The molecule has 1 rings (SSSR count). The van der Waals surface area contributed by atoms with Gasteiger partial charge in [-0.2, -0.15) is 0 Å². The highest BCUT2D eigenvalue weighted by Gasteiger charge is 2.29. The van der Waals surface area contributed by atoms with Crippen LogP contribution in [0.2, 0.25) is 0 Å². The van der Waals surface area contributed by atoms with Crippen molar-refractivity contribution in [3.05, 3.63) is 48.0 Å². The molecule has 0 aliphatic carbocycles. The number of carbonyl (C=O) groups is 2. The van der Waals surface area contributed by atoms with Gasteiger partial charge in [0.25, 0.3) is 0 Å². The summed E-state index contributed by atoms with van der Waals surface area (Å²) in [5, 5.41) is 0. The minimum atomic E-state index is -4.47. The molecule has 0 aliphatic heterocycles. The van der Waals surface area contributed by atoms with E-state index in [9.17, 15) is 19.0 Å². The minimum absolute atomic E-state index is 0.0284. The molecule has 162 valence electrons. The van der Waals surface area contributed by atoms with E-state index in [1.54, 1.807) is 30.3 Å². The van der Waals surface area contributed by atoms with Crippen molar-refractivity contribution in [2.45, 2.75) is 13.0 Å². The van der Waals surface area contributed by atoms with Crippen LogP contribution >= 0.6 is 7.82 Å². The van der Waals surface area contributed by atoms with Gasteiger partial charge in [0.1, 0.15) is 32.5 Å². The van der Waals surface area contributed by atoms with Crippen molar-refractivity contribution in [3.8, 4) is 0 Å². The lowest BCUT2D eigenvalue weighted by atomic mass is 10.2. The van der Waals surface area contributed by atoms with Crippen molar-refractivity contribution in [1.29, 1.82) is 0 Å². The van der Waals surface area contributed by atoms with Gasteiger partial charge >= 0.3 is 19.8 Å². The number of rotatable bonds is 12. The van der Waals surface area contributed by atoms with E-state index >= 15 is 0 Å². The highest BCUT2D eigenvalue weighted by atomic mass is 31.2. The molecule has 9 nitrogen and oxygen atoms in total. The Labute approximate surface area is 171 Å². The maximum absolute atomic E-state index is 12.2. The fourth-order valence-corrected chi connectivity index (χ4v) is 2.75. The highest BCUT2D eigenvalue weighted by molar-refractivity contribution is 7.47. The first-order chi connectivity index (χ1) is 13.4. The SMILES string of the molecule is C=C(C)C(=O)OCC(COC(=O)c1ccccc1)OP(=O)(O)OCC[N+](C)(C)C. The number of hydrogen-bond acceptors (Lipinski definition) is 7. The number of quaternary nitrogens is 1. The summed E-state index contributed by atoms with van der Waals surface area (Å²) in [6, 6.07) is 8.20. The summed E-state index contributed by atoms with van der Waals surface area (Å²) in [5.41, 5.74) is 0.452. The fourth-order valence-electron chi connectivity index (χ4n) is 1.88. The van der Waals surface area contributed by atoms with Gasteiger partial charge in [0, 0.05) is 5.57 Å². The monoisotopic (exact) mass is 430 g/mol. The normalized spacial score (nSPS) is 14.5. The maximum atomic E-state index is 12.2. The molecule has 0 saturated carbocycles. The van der Waals surface area contributed by atoms with Crippen molar-refractivity contribution in [3.63, 3.8) is 0 Å². The smallest absolute Gasteiger partial charge is 0.459 e. The van der Waals surface area contributed by atoms with E-state index in [1.165, 1.54) is 6.92 Å². The van der Waals surface area contributed by atoms with Crippen LogP contribution in [0, 0.1) is 0 Å². The predicted octanol–water partition coefficient (Wildman–Crippen LogP) is 2.17. The van der Waals surface area contributed by atoms with Gasteiger partial charge in [0.15, 0.2) is 0 Å². The Morgan fingerprint density at radius 1 is 1.14 bits per heavy atom. The molecule has 0 saturated heterocycles. The average Bonchev–Trinajstić information content (AvgIpc) is 2.62. The zero-order chi connectivity index (χ0) is 22.1. The van der Waals surface area contributed by atoms with Gasteiger partial charge in [-0.1, -0.05) is 24.8 Å². The number of phosphoric ester groups is 1. The summed E-state index contributed by atoms with van der Waals surface area (Å²) in [6.45, 7) is 4.51. The molecular weight excluding hydrogens is 401 g/mol. The molecule has 29 heavy (non-hydrogen) atoms. The van der Waals surface area contributed by atoms with Crippen LogP contribution in [0.25, 0.3) is 0 Å². The van der Waals surface area contributed by atoms with Crippen molar-refractivity contribution in [1.82, 2.24) is 0 Å². The Hall–Kier alpha value is -2.03. The van der Waals surface area contributed by atoms with E-state index in [1.807, 2.05) is 21.1 Å². The topological polar surface area (TPSA) is 108 Å². The third-order valence-corrected chi connectivity index (χ3v) is 4.53. The molecule has 2 atom stereocenters. The molecule has 0 radical (unpaired) electrons. The van der Waals surface area contributed by atoms with Crippen LogP contribution in [0.15, 0.2) is 42.5 Å². The zero-order valence-electron chi connectivity index (χ0n) is 17.2. The van der Waals surface area contributed by atoms with Gasteiger partial charge in [0.05, 0.1) is 26.7 Å². The van der Waals surface area contributed by atoms with Crippen molar-refractivity contribution >= 4 is 19.8 Å². The van der Waals surface area contributed by atoms with Crippen LogP contribution in [-0.4, -0.2) is 74.9 Å². The number of phosphoric acid groups is 1. The number of hydrogen-bond donors (Lipinski definition) is 1. The first-order valence-electron chi connectivity index (χ1n) is 8.90. The van der Waals surface area contributed by atoms with Gasteiger partial charge in [-0.05, 0) is 19.1 Å². The maximum Gasteiger partial charge on any atom is 0.472 e. The molecule has 2 unspecified atom stereocenters. The third-order valence-electron chi connectivity index (χ3n) is 3.46. The second kappa shape index (κ2) is 11.2. The summed E-state index contributed by atoms with van der Waals surface area (Å²) in [7, 11) is 1.23. The molecule has 1 N–H and O–H groups in total. The molecule has 0 aromatic heterocycles. The average molecular weight is 430 g/mol. The molecular formula is C19H29NO8P+. The van der Waals surface area contributed by atoms with Crippen LogP contribution in [0.1, 0.15) is 17.3 Å². The second-order valence-corrected chi connectivity index (χ2v) is 8.79. The lowest BCUT2D eigenvalue weighted by Crippen LogP contribution is -2.37. The lowest BCUT2D eigenvalue weighted by molar-refractivity contribution is -0.870. The van der Waals surface area contributed by atoms with E-state index in [2.05, 4.69) is 6.58 Å². The van der Waals surface area contributed by atoms with E-state index in [-0.39, 0.29) is 12.2 Å². The van der Waals surface area contributed by atoms with Crippen LogP contribution in [0.3, 0.4) is 0 Å². The zero-order valence-corrected chi connectivity index (χ0v) is 18.1. The van der Waals surface area contributed by atoms with E-state index < -0.39 is 39.1 Å². The molecule has 1 aromatic carbocycles. The molecule has 0 bridgehead atoms. The summed E-state index contributed by atoms with van der Waals surface area (Å²) in [6.07, 6.45) is -1.20. The molecule has 0 amide bonds. The Morgan fingerprint density at radius 2 is 1.72 bits per heavy atom. The first-order valence-corrected chi connectivity index (χ1v) is 10.4. The van der Waals surface area contributed by atoms with Crippen molar-refractivity contribution in [2.24, 2.45) is 0 Å². The Morgan fingerprint density at radius 3 is 2.28 bits per heavy atom. The predicted molar refractivity (Wildman–Crippen MR) is 106 cm³/mol. The standard InChI is InChI=1S/C19H28NO8P/c1-15(2)18(21)25-13-17(14-26-19(22)16-9-7-6-8-10-16)28-29(23,24)27-12-11-20(3,4)5/h6-10,17H,1,11-14H2,2-5H3/p+1. The van der Waals surface area contributed by atoms with Gasteiger partial charge in [-0.25, -0.2) is 14.2 Å². The van der Waals surface area contributed by atoms with Crippen LogP contribution < -0.4 is 0 Å². The highest BCUT2D eigenvalue weighted by Crippen LogP contribution is 2.44.